The zero-order valence-corrected chi connectivity index (χ0v) is 11.3. The highest BCUT2D eigenvalue weighted by atomic mass is 16.5. The molecule has 0 radical (unpaired) electrons. The topological polar surface area (TPSA) is 55.4 Å². The predicted octanol–water partition coefficient (Wildman–Crippen LogP) is 2.37. The van der Waals surface area contributed by atoms with Gasteiger partial charge in [0.2, 0.25) is 5.91 Å². The van der Waals surface area contributed by atoms with Crippen LogP contribution in [0.2, 0.25) is 0 Å². The molecule has 0 unspecified atom stereocenters. The van der Waals surface area contributed by atoms with E-state index in [0.29, 0.717) is 0 Å². The third-order valence-electron chi connectivity index (χ3n) is 2.62. The molecule has 19 heavy (non-hydrogen) atoms. The van der Waals surface area contributed by atoms with Crippen LogP contribution in [-0.4, -0.2) is 18.5 Å². The van der Waals surface area contributed by atoms with Crippen LogP contribution in [0, 0.1) is 0 Å². The summed E-state index contributed by atoms with van der Waals surface area (Å²) in [7, 11) is 0. The molecule has 0 fully saturated rings. The Hall–Kier alpha value is -2.10. The molecule has 0 aliphatic heterocycles. The minimum atomic E-state index is -0.523. The summed E-state index contributed by atoms with van der Waals surface area (Å²) in [6, 6.07) is 9.51. The highest BCUT2D eigenvalue weighted by molar-refractivity contribution is 5.94. The Labute approximate surface area is 113 Å². The minimum absolute atomic E-state index is 0.0456. The molecule has 0 bridgehead atoms. The van der Waals surface area contributed by atoms with Gasteiger partial charge in [-0.3, -0.25) is 4.79 Å². The van der Waals surface area contributed by atoms with E-state index in [1.807, 2.05) is 37.3 Å². The van der Waals surface area contributed by atoms with Gasteiger partial charge in [-0.15, -0.1) is 0 Å². The first-order valence-electron chi connectivity index (χ1n) is 6.23. The Balaban J connectivity index is 2.47. The first-order valence-corrected chi connectivity index (χ1v) is 6.23. The number of rotatable bonds is 6. The summed E-state index contributed by atoms with van der Waals surface area (Å²) in [5, 5.41) is 2.82. The molecular weight excluding hydrogens is 242 g/mol. The zero-order chi connectivity index (χ0) is 14.3. The molecule has 1 atom stereocenters. The Morgan fingerprint density at radius 3 is 2.53 bits per heavy atom. The van der Waals surface area contributed by atoms with Crippen LogP contribution in [0.1, 0.15) is 31.9 Å². The highest BCUT2D eigenvalue weighted by Crippen LogP contribution is 2.12. The van der Waals surface area contributed by atoms with Crippen LogP contribution < -0.4 is 5.32 Å². The summed E-state index contributed by atoms with van der Waals surface area (Å²) in [6.45, 7) is 7.44. The van der Waals surface area contributed by atoms with Gasteiger partial charge in [-0.05, 0) is 19.4 Å². The van der Waals surface area contributed by atoms with Gasteiger partial charge in [0.25, 0.3) is 0 Å². The average molecular weight is 261 g/mol. The Bertz CT molecular complexity index is 454. The molecular formula is C15H19NO3. The zero-order valence-electron chi connectivity index (χ0n) is 11.3. The molecule has 102 valence electrons. The van der Waals surface area contributed by atoms with Gasteiger partial charge in [0.05, 0.1) is 19.1 Å². The van der Waals surface area contributed by atoms with Gasteiger partial charge < -0.3 is 10.1 Å². The first kappa shape index (κ1) is 15.0. The van der Waals surface area contributed by atoms with E-state index < -0.39 is 5.97 Å². The van der Waals surface area contributed by atoms with Crippen molar-refractivity contribution in [1.82, 2.24) is 5.32 Å². The summed E-state index contributed by atoms with van der Waals surface area (Å²) in [5.41, 5.74) is 1.18. The summed E-state index contributed by atoms with van der Waals surface area (Å²) in [4.78, 5) is 23.1. The highest BCUT2D eigenvalue weighted by Gasteiger charge is 2.14. The lowest BCUT2D eigenvalue weighted by Gasteiger charge is -2.14. The van der Waals surface area contributed by atoms with Crippen LogP contribution in [0.25, 0.3) is 0 Å². The molecule has 0 aliphatic rings. The molecule has 1 aromatic rings. The van der Waals surface area contributed by atoms with E-state index in [1.54, 1.807) is 6.92 Å². The molecule has 0 spiro atoms. The SMILES string of the molecule is C=C(CC(=O)N[C@H](C)c1ccccc1)C(=O)OCC. The van der Waals surface area contributed by atoms with Crippen molar-refractivity contribution in [3.8, 4) is 0 Å². The van der Waals surface area contributed by atoms with Crippen molar-refractivity contribution in [1.29, 1.82) is 0 Å². The maximum Gasteiger partial charge on any atom is 0.333 e. The van der Waals surface area contributed by atoms with E-state index in [1.165, 1.54) is 0 Å². The minimum Gasteiger partial charge on any atom is -0.463 e. The van der Waals surface area contributed by atoms with E-state index in [-0.39, 0.29) is 30.5 Å². The molecule has 1 N–H and O–H groups in total. The van der Waals surface area contributed by atoms with Gasteiger partial charge in [-0.2, -0.15) is 0 Å². The van der Waals surface area contributed by atoms with Crippen LogP contribution in [-0.2, 0) is 14.3 Å². The molecule has 1 aromatic carbocycles. The number of nitrogens with one attached hydrogen (secondary N) is 1. The van der Waals surface area contributed by atoms with Crippen LogP contribution >= 0.6 is 0 Å². The Morgan fingerprint density at radius 1 is 1.32 bits per heavy atom. The van der Waals surface area contributed by atoms with Gasteiger partial charge in [0, 0.05) is 5.57 Å². The molecule has 4 heteroatoms. The van der Waals surface area contributed by atoms with Crippen LogP contribution in [0.5, 0.6) is 0 Å². The van der Waals surface area contributed by atoms with E-state index >= 15 is 0 Å². The summed E-state index contributed by atoms with van der Waals surface area (Å²) < 4.78 is 4.78. The second-order valence-corrected chi connectivity index (χ2v) is 4.20. The molecule has 0 aromatic heterocycles. The average Bonchev–Trinajstić information content (AvgIpc) is 2.39. The van der Waals surface area contributed by atoms with Crippen molar-refractivity contribution < 1.29 is 14.3 Å². The standard InChI is InChI=1S/C15H19NO3/c1-4-19-15(18)11(2)10-14(17)16-12(3)13-8-6-5-7-9-13/h5-9,12H,2,4,10H2,1,3H3,(H,16,17)/t12-/m1/s1. The van der Waals surface area contributed by atoms with Gasteiger partial charge in [0.15, 0.2) is 0 Å². The van der Waals surface area contributed by atoms with Gasteiger partial charge in [-0.1, -0.05) is 36.9 Å². The van der Waals surface area contributed by atoms with Crippen molar-refractivity contribution >= 4 is 11.9 Å². The normalized spacial score (nSPS) is 11.5. The van der Waals surface area contributed by atoms with Crippen molar-refractivity contribution in [2.24, 2.45) is 0 Å². The lowest BCUT2D eigenvalue weighted by molar-refractivity contribution is -0.139. The van der Waals surface area contributed by atoms with Crippen molar-refractivity contribution in [3.63, 3.8) is 0 Å². The quantitative estimate of drug-likeness (QED) is 0.632. The van der Waals surface area contributed by atoms with Gasteiger partial charge >= 0.3 is 5.97 Å². The molecule has 0 heterocycles. The smallest absolute Gasteiger partial charge is 0.333 e. The van der Waals surface area contributed by atoms with Gasteiger partial charge in [-0.25, -0.2) is 4.79 Å². The number of amides is 1. The number of ether oxygens (including phenoxy) is 1. The second kappa shape index (κ2) is 7.36. The fraction of sp³-hybridized carbons (Fsp3) is 0.333. The van der Waals surface area contributed by atoms with Crippen LogP contribution in [0.4, 0.5) is 0 Å². The monoisotopic (exact) mass is 261 g/mol. The Kier molecular flexibility index (Phi) is 5.79. The maximum atomic E-state index is 11.8. The number of hydrogen-bond acceptors (Lipinski definition) is 3. The molecule has 0 aliphatic carbocycles. The lowest BCUT2D eigenvalue weighted by Crippen LogP contribution is -2.27. The fourth-order valence-corrected chi connectivity index (χ4v) is 1.62. The first-order chi connectivity index (χ1) is 9.04. The third-order valence-corrected chi connectivity index (χ3v) is 2.62. The number of benzene rings is 1. The molecule has 1 amide bonds. The second-order valence-electron chi connectivity index (χ2n) is 4.20. The Morgan fingerprint density at radius 2 is 1.95 bits per heavy atom. The fourth-order valence-electron chi connectivity index (χ4n) is 1.62. The van der Waals surface area contributed by atoms with Crippen LogP contribution in [0.3, 0.4) is 0 Å². The lowest BCUT2D eigenvalue weighted by atomic mass is 10.1. The predicted molar refractivity (Wildman–Crippen MR) is 73.4 cm³/mol. The van der Waals surface area contributed by atoms with Crippen molar-refractivity contribution in [2.45, 2.75) is 26.3 Å². The molecule has 4 nitrogen and oxygen atoms in total. The summed E-state index contributed by atoms with van der Waals surface area (Å²) in [5.74, 6) is -0.764. The summed E-state index contributed by atoms with van der Waals surface area (Å²) in [6.07, 6.45) is -0.0456. The van der Waals surface area contributed by atoms with Crippen LogP contribution in [0.15, 0.2) is 42.5 Å². The molecule has 0 saturated heterocycles. The maximum absolute atomic E-state index is 11.8. The van der Waals surface area contributed by atoms with E-state index in [0.717, 1.165) is 5.56 Å². The van der Waals surface area contributed by atoms with E-state index in [4.69, 9.17) is 4.74 Å². The molecule has 0 saturated carbocycles. The van der Waals surface area contributed by atoms with Crippen molar-refractivity contribution in [3.05, 3.63) is 48.0 Å². The number of esters is 1. The number of carbonyl (C=O) groups excluding carboxylic acids is 2. The number of carbonyl (C=O) groups is 2. The largest absolute Gasteiger partial charge is 0.463 e. The number of hydrogen-bond donors (Lipinski definition) is 1. The molecule has 1 rings (SSSR count). The van der Waals surface area contributed by atoms with E-state index in [2.05, 4.69) is 11.9 Å². The van der Waals surface area contributed by atoms with E-state index in [9.17, 15) is 9.59 Å². The van der Waals surface area contributed by atoms with Crippen molar-refractivity contribution in [2.75, 3.05) is 6.61 Å². The third kappa shape index (κ3) is 4.95. The summed E-state index contributed by atoms with van der Waals surface area (Å²) >= 11 is 0. The van der Waals surface area contributed by atoms with Gasteiger partial charge in [0.1, 0.15) is 0 Å².